The van der Waals surface area contributed by atoms with Gasteiger partial charge >= 0.3 is 11.9 Å². The maximum atomic E-state index is 11.6. The van der Waals surface area contributed by atoms with Crippen molar-refractivity contribution in [1.29, 1.82) is 0 Å². The van der Waals surface area contributed by atoms with Crippen LogP contribution in [0.1, 0.15) is 17.3 Å². The number of carbonyl (C=O) groups is 3. The molecule has 0 aliphatic carbocycles. The number of aliphatic carboxylic acids is 1. The Kier molecular flexibility index (Phi) is 4.25. The summed E-state index contributed by atoms with van der Waals surface area (Å²) < 4.78 is 0. The fraction of sp³-hybridized carbons (Fsp3) is 0.0833. The van der Waals surface area contributed by atoms with Crippen molar-refractivity contribution in [2.24, 2.45) is 0 Å². The molecule has 7 heteroatoms. The highest BCUT2D eigenvalue weighted by Crippen LogP contribution is 2.25. The first-order valence-corrected chi connectivity index (χ1v) is 5.10. The van der Waals surface area contributed by atoms with Crippen molar-refractivity contribution in [3.05, 3.63) is 35.4 Å². The minimum Gasteiger partial charge on any atom is -0.507 e. The zero-order valence-corrected chi connectivity index (χ0v) is 9.88. The van der Waals surface area contributed by atoms with Crippen LogP contribution in [0.5, 0.6) is 5.75 Å². The van der Waals surface area contributed by atoms with E-state index in [1.165, 1.54) is 25.1 Å². The minimum absolute atomic E-state index is 0.104. The lowest BCUT2D eigenvalue weighted by atomic mass is 10.1. The van der Waals surface area contributed by atoms with Gasteiger partial charge in [0.1, 0.15) is 11.3 Å². The summed E-state index contributed by atoms with van der Waals surface area (Å²) in [5.41, 5.74) is -0.679. The fourth-order valence-electron chi connectivity index (χ4n) is 1.34. The van der Waals surface area contributed by atoms with Gasteiger partial charge in [0.25, 0.3) is 5.91 Å². The molecular weight excluding hydrogens is 254 g/mol. The number of aromatic hydroxyl groups is 1. The van der Waals surface area contributed by atoms with Gasteiger partial charge in [-0.3, -0.25) is 4.79 Å². The van der Waals surface area contributed by atoms with Crippen molar-refractivity contribution in [3.63, 3.8) is 0 Å². The molecule has 0 spiro atoms. The summed E-state index contributed by atoms with van der Waals surface area (Å²) in [7, 11) is 0. The first kappa shape index (κ1) is 14.2. The van der Waals surface area contributed by atoms with Crippen LogP contribution in [0.25, 0.3) is 0 Å². The lowest BCUT2D eigenvalue weighted by molar-refractivity contribution is -0.131. The summed E-state index contributed by atoms with van der Waals surface area (Å²) in [5, 5.41) is 29.1. The normalized spacial score (nSPS) is 10.9. The van der Waals surface area contributed by atoms with E-state index in [0.29, 0.717) is 6.08 Å². The molecule has 1 amide bonds. The predicted octanol–water partition coefficient (Wildman–Crippen LogP) is 1.06. The number of aromatic carboxylic acids is 1. The third kappa shape index (κ3) is 3.56. The van der Waals surface area contributed by atoms with Crippen molar-refractivity contribution in [2.45, 2.75) is 6.92 Å². The van der Waals surface area contributed by atoms with Gasteiger partial charge < -0.3 is 20.6 Å². The Hall–Kier alpha value is -2.83. The highest BCUT2D eigenvalue weighted by Gasteiger charge is 2.17. The number of carboxylic acids is 2. The van der Waals surface area contributed by atoms with Crippen LogP contribution < -0.4 is 5.32 Å². The maximum Gasteiger partial charge on any atom is 0.341 e. The van der Waals surface area contributed by atoms with E-state index in [0.717, 1.165) is 0 Å². The van der Waals surface area contributed by atoms with Crippen LogP contribution in [0.2, 0.25) is 0 Å². The number of anilines is 1. The molecule has 1 aromatic carbocycles. The smallest absolute Gasteiger partial charge is 0.341 e. The Morgan fingerprint density at radius 1 is 1.21 bits per heavy atom. The monoisotopic (exact) mass is 265 g/mol. The quantitative estimate of drug-likeness (QED) is 0.603. The Bertz CT molecular complexity index is 576. The zero-order valence-electron chi connectivity index (χ0n) is 9.88. The minimum atomic E-state index is -1.41. The molecule has 100 valence electrons. The molecule has 0 atom stereocenters. The van der Waals surface area contributed by atoms with Gasteiger partial charge in [-0.15, -0.1) is 0 Å². The number of nitrogens with one attached hydrogen (secondary N) is 1. The molecule has 7 nitrogen and oxygen atoms in total. The van der Waals surface area contributed by atoms with Crippen LogP contribution in [-0.2, 0) is 9.59 Å². The van der Waals surface area contributed by atoms with Crippen LogP contribution in [0.3, 0.4) is 0 Å². The summed E-state index contributed by atoms with van der Waals surface area (Å²) >= 11 is 0. The van der Waals surface area contributed by atoms with E-state index < -0.39 is 29.2 Å². The molecule has 0 aromatic heterocycles. The van der Waals surface area contributed by atoms with Gasteiger partial charge in [0, 0.05) is 11.6 Å². The lowest BCUT2D eigenvalue weighted by Crippen LogP contribution is -2.16. The van der Waals surface area contributed by atoms with E-state index in [4.69, 9.17) is 10.2 Å². The fourth-order valence-corrected chi connectivity index (χ4v) is 1.34. The van der Waals surface area contributed by atoms with E-state index in [-0.39, 0.29) is 11.3 Å². The molecule has 0 unspecified atom stereocenters. The van der Waals surface area contributed by atoms with Crippen LogP contribution in [0.4, 0.5) is 5.69 Å². The molecule has 0 aliphatic heterocycles. The first-order valence-electron chi connectivity index (χ1n) is 5.10. The van der Waals surface area contributed by atoms with Crippen molar-refractivity contribution in [1.82, 2.24) is 0 Å². The third-order valence-corrected chi connectivity index (χ3v) is 2.20. The molecule has 19 heavy (non-hydrogen) atoms. The van der Waals surface area contributed by atoms with E-state index in [1.807, 2.05) is 0 Å². The molecular formula is C12H11NO6. The molecule has 1 aromatic rings. The highest BCUT2D eigenvalue weighted by atomic mass is 16.4. The number of carboxylic acid groups (broad SMARTS) is 2. The van der Waals surface area contributed by atoms with Gasteiger partial charge in [0.2, 0.25) is 0 Å². The summed E-state index contributed by atoms with van der Waals surface area (Å²) in [4.78, 5) is 33.0. The summed E-state index contributed by atoms with van der Waals surface area (Å²) in [6.07, 6.45) is 0.693. The Morgan fingerprint density at radius 3 is 2.37 bits per heavy atom. The molecule has 0 saturated carbocycles. The van der Waals surface area contributed by atoms with E-state index >= 15 is 0 Å². The lowest BCUT2D eigenvalue weighted by Gasteiger charge is -2.09. The number of amides is 1. The largest absolute Gasteiger partial charge is 0.507 e. The summed E-state index contributed by atoms with van der Waals surface area (Å²) in [6.45, 7) is 1.27. The van der Waals surface area contributed by atoms with Crippen molar-refractivity contribution >= 4 is 23.5 Å². The second kappa shape index (κ2) is 5.67. The van der Waals surface area contributed by atoms with E-state index in [1.54, 1.807) is 0 Å². The Morgan fingerprint density at radius 2 is 1.84 bits per heavy atom. The number of hydrogen-bond donors (Lipinski definition) is 4. The van der Waals surface area contributed by atoms with Gasteiger partial charge in [-0.05, 0) is 19.1 Å². The van der Waals surface area contributed by atoms with Crippen molar-refractivity contribution in [2.75, 3.05) is 5.32 Å². The molecule has 0 heterocycles. The standard InChI is InChI=1S/C12H11NO6/c1-6(5-9(15)16)11(17)13-7-3-2-4-8(14)10(7)12(18)19/h2-5,14H,1H3,(H,13,17)(H,15,16)(H,18,19)/b6-5+. The second-order valence-electron chi connectivity index (χ2n) is 3.62. The van der Waals surface area contributed by atoms with E-state index in [2.05, 4.69) is 5.32 Å². The van der Waals surface area contributed by atoms with Gasteiger partial charge in [0.15, 0.2) is 0 Å². The van der Waals surface area contributed by atoms with Crippen molar-refractivity contribution < 1.29 is 29.7 Å². The third-order valence-electron chi connectivity index (χ3n) is 2.20. The van der Waals surface area contributed by atoms with Gasteiger partial charge in [-0.1, -0.05) is 6.07 Å². The van der Waals surface area contributed by atoms with Crippen LogP contribution >= 0.6 is 0 Å². The number of carbonyl (C=O) groups excluding carboxylic acids is 1. The number of phenols is 1. The Balaban J connectivity index is 3.07. The SMILES string of the molecule is C/C(=C\C(=O)O)C(=O)Nc1cccc(O)c1C(=O)O. The van der Waals surface area contributed by atoms with Crippen LogP contribution in [-0.4, -0.2) is 33.2 Å². The zero-order chi connectivity index (χ0) is 14.6. The van der Waals surface area contributed by atoms with Gasteiger partial charge in [-0.2, -0.15) is 0 Å². The average Bonchev–Trinajstić information content (AvgIpc) is 2.27. The molecule has 4 N–H and O–H groups in total. The van der Waals surface area contributed by atoms with Gasteiger partial charge in [-0.25, -0.2) is 9.59 Å². The topological polar surface area (TPSA) is 124 Å². The highest BCUT2D eigenvalue weighted by molar-refractivity contribution is 6.09. The van der Waals surface area contributed by atoms with Gasteiger partial charge in [0.05, 0.1) is 5.69 Å². The van der Waals surface area contributed by atoms with Crippen molar-refractivity contribution in [3.8, 4) is 5.75 Å². The summed E-state index contributed by atoms with van der Waals surface area (Å²) in [5.74, 6) is -3.96. The average molecular weight is 265 g/mol. The maximum absolute atomic E-state index is 11.6. The number of benzene rings is 1. The summed E-state index contributed by atoms with van der Waals surface area (Å²) in [6, 6.07) is 3.81. The molecule has 0 saturated heterocycles. The second-order valence-corrected chi connectivity index (χ2v) is 3.62. The molecule has 0 aliphatic rings. The molecule has 1 rings (SSSR count). The number of rotatable bonds is 4. The molecule has 0 bridgehead atoms. The molecule has 0 radical (unpaired) electrons. The molecule has 0 fully saturated rings. The van der Waals surface area contributed by atoms with Crippen LogP contribution in [0.15, 0.2) is 29.8 Å². The Labute approximate surface area is 107 Å². The van der Waals surface area contributed by atoms with Crippen LogP contribution in [0, 0.1) is 0 Å². The first-order chi connectivity index (χ1) is 8.82. The number of hydrogen-bond acceptors (Lipinski definition) is 4. The predicted molar refractivity (Wildman–Crippen MR) is 65.1 cm³/mol. The van der Waals surface area contributed by atoms with E-state index in [9.17, 15) is 19.5 Å².